The van der Waals surface area contributed by atoms with Gasteiger partial charge in [0.1, 0.15) is 35.7 Å². The Morgan fingerprint density at radius 2 is 1.96 bits per heavy atom. The molecule has 1 fully saturated rings. The highest BCUT2D eigenvalue weighted by atomic mass is 35.5. The molecule has 5 atom stereocenters. The predicted molar refractivity (Wildman–Crippen MR) is 100.0 cm³/mol. The Balaban J connectivity index is 1.69. The monoisotopic (exact) mass is 406 g/mol. The fourth-order valence-electron chi connectivity index (χ4n) is 3.45. The number of H-pyrrole nitrogens is 1. The lowest BCUT2D eigenvalue weighted by Gasteiger charge is -2.30. The molecular formula is C18H19ClN4O5. The summed E-state index contributed by atoms with van der Waals surface area (Å²) in [6.07, 6.45) is -3.29. The standard InChI is InChI=1S/C18H19ClN4O5/c1-18(26)13(25)12(17-21-15-10(6-7-20-15)16(22-17)23-27)28-14(18)11(24)8-2-4-9(19)5-3-8/h2-7,11-14,24-27H,1H3,(H2,20,21,22,23)/t11-,12+,13-,14-,18+/m1/s1. The van der Waals surface area contributed by atoms with Gasteiger partial charge in [0.15, 0.2) is 11.6 Å². The molecule has 9 nitrogen and oxygen atoms in total. The number of aromatic amines is 1. The van der Waals surface area contributed by atoms with E-state index in [4.69, 9.17) is 16.3 Å². The van der Waals surface area contributed by atoms with Crippen molar-refractivity contribution in [3.63, 3.8) is 0 Å². The molecule has 148 valence electrons. The maximum absolute atomic E-state index is 10.9. The second-order valence-electron chi connectivity index (χ2n) is 6.93. The van der Waals surface area contributed by atoms with Crippen LogP contribution in [0.25, 0.3) is 11.0 Å². The van der Waals surface area contributed by atoms with E-state index in [0.717, 1.165) is 0 Å². The number of rotatable bonds is 4. The number of fused-ring (bicyclic) bond motifs is 1. The topological polar surface area (TPSA) is 144 Å². The van der Waals surface area contributed by atoms with Crippen LogP contribution in [0.2, 0.25) is 5.02 Å². The molecule has 0 aliphatic carbocycles. The summed E-state index contributed by atoms with van der Waals surface area (Å²) in [5.41, 5.74) is 1.09. The molecule has 6 N–H and O–H groups in total. The number of ether oxygens (including phenoxy) is 1. The summed E-state index contributed by atoms with van der Waals surface area (Å²) >= 11 is 5.88. The molecule has 3 aromatic rings. The first-order valence-corrected chi connectivity index (χ1v) is 8.95. The number of nitrogens with one attached hydrogen (secondary N) is 2. The summed E-state index contributed by atoms with van der Waals surface area (Å²) in [5, 5.41) is 42.7. The van der Waals surface area contributed by atoms with E-state index in [1.165, 1.54) is 6.92 Å². The average molecular weight is 407 g/mol. The number of hydrogen-bond acceptors (Lipinski definition) is 8. The second kappa shape index (κ2) is 6.96. The van der Waals surface area contributed by atoms with Gasteiger partial charge in [-0.2, -0.15) is 0 Å². The Morgan fingerprint density at radius 1 is 1.25 bits per heavy atom. The second-order valence-corrected chi connectivity index (χ2v) is 7.36. The van der Waals surface area contributed by atoms with Gasteiger partial charge in [0.2, 0.25) is 0 Å². The summed E-state index contributed by atoms with van der Waals surface area (Å²) in [6.45, 7) is 1.37. The molecule has 2 aromatic heterocycles. The van der Waals surface area contributed by atoms with Gasteiger partial charge in [0, 0.05) is 11.2 Å². The molecule has 0 saturated carbocycles. The molecule has 0 bridgehead atoms. The lowest BCUT2D eigenvalue weighted by molar-refractivity contribution is -0.111. The number of halogens is 1. The number of benzene rings is 1. The Bertz CT molecular complexity index is 993. The average Bonchev–Trinajstić information content (AvgIpc) is 3.24. The van der Waals surface area contributed by atoms with Crippen LogP contribution >= 0.6 is 11.6 Å². The van der Waals surface area contributed by atoms with Gasteiger partial charge >= 0.3 is 0 Å². The van der Waals surface area contributed by atoms with Gasteiger partial charge in [0.05, 0.1) is 5.39 Å². The van der Waals surface area contributed by atoms with Crippen LogP contribution in [0, 0.1) is 0 Å². The van der Waals surface area contributed by atoms with Crippen LogP contribution in [0.4, 0.5) is 5.82 Å². The van der Waals surface area contributed by atoms with Crippen LogP contribution < -0.4 is 5.48 Å². The predicted octanol–water partition coefficient (Wildman–Crippen LogP) is 1.70. The van der Waals surface area contributed by atoms with Crippen molar-refractivity contribution in [3.8, 4) is 0 Å². The Morgan fingerprint density at radius 3 is 2.64 bits per heavy atom. The molecule has 0 unspecified atom stereocenters. The lowest BCUT2D eigenvalue weighted by Crippen LogP contribution is -2.46. The maximum atomic E-state index is 10.9. The number of hydrogen-bond donors (Lipinski definition) is 6. The minimum absolute atomic E-state index is 0.0464. The van der Waals surface area contributed by atoms with E-state index in [1.54, 1.807) is 36.5 Å². The summed E-state index contributed by atoms with van der Waals surface area (Å²) in [6, 6.07) is 8.12. The van der Waals surface area contributed by atoms with Crippen LogP contribution in [0.1, 0.15) is 30.5 Å². The first-order valence-electron chi connectivity index (χ1n) is 8.57. The van der Waals surface area contributed by atoms with Crippen molar-refractivity contribution >= 4 is 28.5 Å². The molecule has 1 saturated heterocycles. The molecule has 28 heavy (non-hydrogen) atoms. The molecule has 0 spiro atoms. The number of anilines is 1. The van der Waals surface area contributed by atoms with Crippen LogP contribution in [0.15, 0.2) is 36.5 Å². The van der Waals surface area contributed by atoms with Crippen LogP contribution in [-0.4, -0.2) is 53.3 Å². The van der Waals surface area contributed by atoms with E-state index in [2.05, 4.69) is 15.0 Å². The van der Waals surface area contributed by atoms with Crippen molar-refractivity contribution in [1.29, 1.82) is 0 Å². The number of aliphatic hydroxyl groups excluding tert-OH is 2. The summed E-state index contributed by atoms with van der Waals surface area (Å²) in [7, 11) is 0. The van der Waals surface area contributed by atoms with Crippen molar-refractivity contribution in [2.75, 3.05) is 5.48 Å². The van der Waals surface area contributed by atoms with E-state index in [9.17, 15) is 20.5 Å². The Kier molecular flexibility index (Phi) is 4.74. The van der Waals surface area contributed by atoms with Gasteiger partial charge in [-0.15, -0.1) is 0 Å². The fourth-order valence-corrected chi connectivity index (χ4v) is 3.57. The van der Waals surface area contributed by atoms with Gasteiger partial charge < -0.3 is 25.0 Å². The van der Waals surface area contributed by atoms with Gasteiger partial charge in [-0.3, -0.25) is 10.7 Å². The van der Waals surface area contributed by atoms with Crippen LogP contribution in [-0.2, 0) is 4.74 Å². The van der Waals surface area contributed by atoms with Crippen molar-refractivity contribution in [1.82, 2.24) is 15.0 Å². The molecular weight excluding hydrogens is 388 g/mol. The maximum Gasteiger partial charge on any atom is 0.164 e. The number of aliphatic hydroxyl groups is 3. The van der Waals surface area contributed by atoms with E-state index in [-0.39, 0.29) is 11.6 Å². The first-order chi connectivity index (χ1) is 13.3. The van der Waals surface area contributed by atoms with Gasteiger partial charge in [0.25, 0.3) is 0 Å². The zero-order valence-electron chi connectivity index (χ0n) is 14.7. The summed E-state index contributed by atoms with van der Waals surface area (Å²) in [5.74, 6) is 0.170. The smallest absolute Gasteiger partial charge is 0.164 e. The molecule has 4 rings (SSSR count). The third-order valence-corrected chi connectivity index (χ3v) is 5.30. The SMILES string of the molecule is C[C@]1(O)[C@H](O)[C@@H](c2nc(NO)c3cc[nH]c3n2)O[C@@H]1[C@H](O)c1ccc(Cl)cc1. The molecule has 3 heterocycles. The van der Waals surface area contributed by atoms with Crippen molar-refractivity contribution in [2.45, 2.75) is 36.9 Å². The molecule has 1 aromatic carbocycles. The molecule has 0 amide bonds. The van der Waals surface area contributed by atoms with Gasteiger partial charge in [-0.05, 0) is 30.7 Å². The third kappa shape index (κ3) is 3.02. The first kappa shape index (κ1) is 19.1. The van der Waals surface area contributed by atoms with Crippen LogP contribution in [0.3, 0.4) is 0 Å². The van der Waals surface area contributed by atoms with Gasteiger partial charge in [-0.1, -0.05) is 23.7 Å². The Hall–Kier alpha value is -2.27. The molecule has 1 aliphatic rings. The van der Waals surface area contributed by atoms with Gasteiger partial charge in [-0.25, -0.2) is 9.97 Å². The van der Waals surface area contributed by atoms with E-state index < -0.39 is 30.0 Å². The van der Waals surface area contributed by atoms with E-state index >= 15 is 0 Å². The highest BCUT2D eigenvalue weighted by Crippen LogP contribution is 2.44. The highest BCUT2D eigenvalue weighted by Gasteiger charge is 2.56. The highest BCUT2D eigenvalue weighted by molar-refractivity contribution is 6.30. The quantitative estimate of drug-likeness (QED) is 0.359. The summed E-state index contributed by atoms with van der Waals surface area (Å²) < 4.78 is 5.82. The minimum Gasteiger partial charge on any atom is -0.387 e. The summed E-state index contributed by atoms with van der Waals surface area (Å²) in [4.78, 5) is 11.4. The lowest BCUT2D eigenvalue weighted by atomic mass is 9.87. The Labute approximate surface area is 164 Å². The van der Waals surface area contributed by atoms with Crippen molar-refractivity contribution in [3.05, 3.63) is 52.9 Å². The van der Waals surface area contributed by atoms with Crippen molar-refractivity contribution in [2.24, 2.45) is 0 Å². The number of aromatic nitrogens is 3. The number of nitrogens with zero attached hydrogens (tertiary/aromatic N) is 2. The third-order valence-electron chi connectivity index (χ3n) is 5.05. The van der Waals surface area contributed by atoms with E-state index in [0.29, 0.717) is 21.6 Å². The molecule has 1 aliphatic heterocycles. The molecule has 0 radical (unpaired) electrons. The molecule has 10 heteroatoms. The minimum atomic E-state index is -1.79. The fraction of sp³-hybridized carbons (Fsp3) is 0.333. The zero-order chi connectivity index (χ0) is 20.1. The van der Waals surface area contributed by atoms with Crippen molar-refractivity contribution < 1.29 is 25.3 Å². The largest absolute Gasteiger partial charge is 0.387 e. The van der Waals surface area contributed by atoms with E-state index in [1.807, 2.05) is 5.48 Å². The normalized spacial score (nSPS) is 28.6. The zero-order valence-corrected chi connectivity index (χ0v) is 15.5. The van der Waals surface area contributed by atoms with Crippen LogP contribution in [0.5, 0.6) is 0 Å².